The first-order chi connectivity index (χ1) is 35.7. The van der Waals surface area contributed by atoms with Crippen molar-refractivity contribution in [1.82, 2.24) is 5.32 Å². The molecule has 422 valence electrons. The van der Waals surface area contributed by atoms with Gasteiger partial charge in [0.15, 0.2) is 12.4 Å². The molecule has 0 saturated carbocycles. The van der Waals surface area contributed by atoms with E-state index in [-0.39, 0.29) is 19.4 Å². The SMILES string of the molecule is CCCCC/C=C\C/C=C\C/C=C\CCCCCCC(=O)OC1C(OCC(NC(=O)C(O)CCCCCCC/C=C/C=C/CCCCC)C(O)/C=C/CCCCCCCCCCCCC)OC(CO)C(O)C1O. The first-order valence-corrected chi connectivity index (χ1v) is 29.7. The highest BCUT2D eigenvalue weighted by molar-refractivity contribution is 5.80. The first kappa shape index (κ1) is 68.1. The number of amides is 1. The van der Waals surface area contributed by atoms with Crippen LogP contribution in [0.2, 0.25) is 0 Å². The second-order valence-corrected chi connectivity index (χ2v) is 20.4. The summed E-state index contributed by atoms with van der Waals surface area (Å²) in [5.74, 6) is -1.23. The van der Waals surface area contributed by atoms with Crippen molar-refractivity contribution in [2.45, 2.75) is 294 Å². The Kier molecular flexibility index (Phi) is 46.6. The van der Waals surface area contributed by atoms with Crippen molar-refractivity contribution in [1.29, 1.82) is 0 Å². The highest BCUT2D eigenvalue weighted by Crippen LogP contribution is 2.26. The Morgan fingerprint density at radius 1 is 0.548 bits per heavy atom. The van der Waals surface area contributed by atoms with Crippen LogP contribution in [0.5, 0.6) is 0 Å². The molecule has 0 aromatic carbocycles. The average Bonchev–Trinajstić information content (AvgIpc) is 3.39. The van der Waals surface area contributed by atoms with Crippen LogP contribution in [-0.4, -0.2) is 99.6 Å². The molecular formula is C62H109NO10. The van der Waals surface area contributed by atoms with E-state index in [1.165, 1.54) is 96.3 Å². The number of rotatable bonds is 49. The van der Waals surface area contributed by atoms with Gasteiger partial charge in [0, 0.05) is 6.42 Å². The van der Waals surface area contributed by atoms with Gasteiger partial charge in [-0.2, -0.15) is 0 Å². The molecule has 1 aliphatic rings. The first-order valence-electron chi connectivity index (χ1n) is 29.7. The van der Waals surface area contributed by atoms with E-state index in [4.69, 9.17) is 14.2 Å². The number of hydrogen-bond acceptors (Lipinski definition) is 10. The van der Waals surface area contributed by atoms with Crippen LogP contribution >= 0.6 is 0 Å². The minimum atomic E-state index is -1.63. The Morgan fingerprint density at radius 3 is 1.52 bits per heavy atom. The Morgan fingerprint density at radius 2 is 0.986 bits per heavy atom. The van der Waals surface area contributed by atoms with Gasteiger partial charge in [0.1, 0.15) is 24.4 Å². The molecule has 0 bridgehead atoms. The normalized spacial score (nSPS) is 19.9. The van der Waals surface area contributed by atoms with E-state index in [0.717, 1.165) is 103 Å². The van der Waals surface area contributed by atoms with Crippen LogP contribution in [0, 0.1) is 0 Å². The highest BCUT2D eigenvalue weighted by Gasteiger charge is 2.47. The second kappa shape index (κ2) is 49.9. The zero-order valence-electron chi connectivity index (χ0n) is 46.5. The summed E-state index contributed by atoms with van der Waals surface area (Å²) in [6, 6.07) is -1.04. The van der Waals surface area contributed by atoms with Gasteiger partial charge in [-0.1, -0.05) is 222 Å². The molecule has 1 aliphatic heterocycles. The molecule has 1 amide bonds. The molecule has 0 aliphatic carbocycles. The van der Waals surface area contributed by atoms with E-state index >= 15 is 0 Å². The minimum absolute atomic E-state index is 0.0941. The van der Waals surface area contributed by atoms with Crippen LogP contribution in [0.1, 0.15) is 245 Å². The third-order valence-corrected chi connectivity index (χ3v) is 13.6. The fourth-order valence-corrected chi connectivity index (χ4v) is 8.82. The lowest BCUT2D eigenvalue weighted by Gasteiger charge is -2.41. The molecule has 1 saturated heterocycles. The van der Waals surface area contributed by atoms with Crippen molar-refractivity contribution in [2.24, 2.45) is 0 Å². The molecule has 11 nitrogen and oxygen atoms in total. The highest BCUT2D eigenvalue weighted by atomic mass is 16.7. The fraction of sp³-hybridized carbons (Fsp3) is 0.774. The number of aliphatic hydroxyl groups excluding tert-OH is 5. The summed E-state index contributed by atoms with van der Waals surface area (Å²) in [6.07, 6.45) is 52.2. The number of aliphatic hydroxyl groups is 5. The summed E-state index contributed by atoms with van der Waals surface area (Å²) >= 11 is 0. The van der Waals surface area contributed by atoms with Crippen LogP contribution < -0.4 is 5.32 Å². The van der Waals surface area contributed by atoms with Gasteiger partial charge in [-0.15, -0.1) is 0 Å². The molecule has 0 radical (unpaired) electrons. The Hall–Kier alpha value is -2.90. The number of carbonyl (C=O) groups is 2. The number of unbranched alkanes of at least 4 members (excludes halogenated alkanes) is 26. The van der Waals surface area contributed by atoms with E-state index < -0.39 is 67.4 Å². The number of carbonyl (C=O) groups excluding carboxylic acids is 2. The maximum absolute atomic E-state index is 13.4. The number of esters is 1. The fourth-order valence-electron chi connectivity index (χ4n) is 8.82. The number of allylic oxidation sites excluding steroid dienone is 11. The summed E-state index contributed by atoms with van der Waals surface area (Å²) in [4.78, 5) is 26.5. The molecule has 1 heterocycles. The van der Waals surface area contributed by atoms with Crippen molar-refractivity contribution in [3.05, 3.63) is 72.9 Å². The molecule has 8 unspecified atom stereocenters. The van der Waals surface area contributed by atoms with Gasteiger partial charge >= 0.3 is 5.97 Å². The van der Waals surface area contributed by atoms with Gasteiger partial charge in [0.05, 0.1) is 25.4 Å². The van der Waals surface area contributed by atoms with E-state index in [1.807, 2.05) is 6.08 Å². The van der Waals surface area contributed by atoms with Crippen molar-refractivity contribution >= 4 is 11.9 Å². The lowest BCUT2D eigenvalue weighted by molar-refractivity contribution is -0.305. The topological polar surface area (TPSA) is 175 Å². The van der Waals surface area contributed by atoms with Crippen LogP contribution in [0.15, 0.2) is 72.9 Å². The molecule has 73 heavy (non-hydrogen) atoms. The maximum Gasteiger partial charge on any atom is 0.306 e. The summed E-state index contributed by atoms with van der Waals surface area (Å²) in [6.45, 7) is 5.70. The molecule has 0 aromatic heterocycles. The van der Waals surface area contributed by atoms with Gasteiger partial charge < -0.3 is 45.1 Å². The van der Waals surface area contributed by atoms with Crippen LogP contribution in [-0.2, 0) is 23.8 Å². The van der Waals surface area contributed by atoms with Gasteiger partial charge in [-0.05, 0) is 89.9 Å². The van der Waals surface area contributed by atoms with Crippen LogP contribution in [0.25, 0.3) is 0 Å². The summed E-state index contributed by atoms with van der Waals surface area (Å²) in [5.41, 5.74) is 0. The third-order valence-electron chi connectivity index (χ3n) is 13.6. The van der Waals surface area contributed by atoms with Gasteiger partial charge in [0.2, 0.25) is 5.91 Å². The zero-order chi connectivity index (χ0) is 53.3. The third kappa shape index (κ3) is 38.3. The van der Waals surface area contributed by atoms with E-state index in [1.54, 1.807) is 6.08 Å². The summed E-state index contributed by atoms with van der Waals surface area (Å²) < 4.78 is 17.6. The minimum Gasteiger partial charge on any atom is -0.454 e. The second-order valence-electron chi connectivity index (χ2n) is 20.4. The standard InChI is InChI=1S/C62H109NO10/c1-4-7-10-13-16-19-22-25-27-28-29-32-35-38-41-44-47-50-57(67)73-60-59(69)58(68)56(51-64)72-62(60)71-52-53(54(65)48-45-42-39-36-33-30-24-21-18-15-12-9-6-3)63-61(70)55(66)49-46-43-40-37-34-31-26-23-20-17-14-11-8-5-2/h16-17,19-20,23,25-27,29,32,45,48,53-56,58-60,62,64-66,68-69H,4-15,18,21-22,24,28,30-31,33-44,46-47,49-52H2,1-3H3,(H,63,70)/b19-16-,20-17+,26-23+,27-25-,32-29-,48-45+. The van der Waals surface area contributed by atoms with E-state index in [9.17, 15) is 35.1 Å². The predicted octanol–water partition coefficient (Wildman–Crippen LogP) is 13.6. The summed E-state index contributed by atoms with van der Waals surface area (Å²) in [7, 11) is 0. The Bertz CT molecular complexity index is 1460. The molecular weight excluding hydrogens is 919 g/mol. The number of hydrogen-bond donors (Lipinski definition) is 6. The summed E-state index contributed by atoms with van der Waals surface area (Å²) in [5, 5.41) is 56.9. The van der Waals surface area contributed by atoms with Crippen LogP contribution in [0.3, 0.4) is 0 Å². The molecule has 1 rings (SSSR count). The number of ether oxygens (including phenoxy) is 3. The maximum atomic E-state index is 13.4. The molecule has 11 heteroatoms. The van der Waals surface area contributed by atoms with Crippen molar-refractivity contribution in [3.63, 3.8) is 0 Å². The average molecular weight is 1030 g/mol. The van der Waals surface area contributed by atoms with Gasteiger partial charge in [0.25, 0.3) is 0 Å². The Balaban J connectivity index is 2.75. The van der Waals surface area contributed by atoms with Crippen molar-refractivity contribution in [2.75, 3.05) is 13.2 Å². The Labute approximate surface area is 445 Å². The lowest BCUT2D eigenvalue weighted by Crippen LogP contribution is -2.61. The molecule has 8 atom stereocenters. The monoisotopic (exact) mass is 1030 g/mol. The largest absolute Gasteiger partial charge is 0.454 e. The smallest absolute Gasteiger partial charge is 0.306 e. The number of nitrogens with one attached hydrogen (secondary N) is 1. The van der Waals surface area contributed by atoms with Gasteiger partial charge in [-0.3, -0.25) is 9.59 Å². The molecule has 6 N–H and O–H groups in total. The zero-order valence-corrected chi connectivity index (χ0v) is 46.5. The lowest BCUT2D eigenvalue weighted by atomic mass is 9.99. The molecule has 0 aromatic rings. The quantitative estimate of drug-likeness (QED) is 0.0149. The predicted molar refractivity (Wildman–Crippen MR) is 301 cm³/mol. The molecule has 1 fully saturated rings. The van der Waals surface area contributed by atoms with Gasteiger partial charge in [-0.25, -0.2) is 0 Å². The van der Waals surface area contributed by atoms with Crippen molar-refractivity contribution < 1.29 is 49.3 Å². The van der Waals surface area contributed by atoms with Crippen molar-refractivity contribution in [3.8, 4) is 0 Å². The van der Waals surface area contributed by atoms with E-state index in [2.05, 4.69) is 86.8 Å². The van der Waals surface area contributed by atoms with Crippen LogP contribution in [0.4, 0.5) is 0 Å². The van der Waals surface area contributed by atoms with E-state index in [0.29, 0.717) is 12.8 Å². The molecule has 0 spiro atoms.